The number of hydrogen-bond donors (Lipinski definition) is 5. The number of imide groups is 1. The van der Waals surface area contributed by atoms with Crippen LogP contribution in [0.5, 0.6) is 5.75 Å². The van der Waals surface area contributed by atoms with Gasteiger partial charge in [-0.3, -0.25) is 9.62 Å². The summed E-state index contributed by atoms with van der Waals surface area (Å²) in [5.74, 6) is -0.213. The van der Waals surface area contributed by atoms with Gasteiger partial charge in [-0.25, -0.2) is 13.2 Å². The number of aromatic hydroxyl groups is 1. The van der Waals surface area contributed by atoms with Crippen LogP contribution in [0.15, 0.2) is 42.5 Å². The number of quaternary nitrogens is 1. The van der Waals surface area contributed by atoms with E-state index in [9.17, 15) is 28.2 Å². The molecular weight excluding hydrogens is 574 g/mol. The van der Waals surface area contributed by atoms with Gasteiger partial charge in [0.2, 0.25) is 10.0 Å². The topological polar surface area (TPSA) is 157 Å². The molecule has 2 aliphatic heterocycles. The Morgan fingerprint density at radius 3 is 2.42 bits per heavy atom. The highest BCUT2D eigenvalue weighted by Gasteiger charge is 2.56. The molecule has 0 bridgehead atoms. The minimum Gasteiger partial charge on any atom is -0.506 e. The Kier molecular flexibility index (Phi) is 10.5. The average molecular weight is 619 g/mol. The maximum absolute atomic E-state index is 13.5. The van der Waals surface area contributed by atoms with Crippen LogP contribution >= 0.6 is 0 Å². The Labute approximate surface area is 253 Å². The van der Waals surface area contributed by atoms with E-state index < -0.39 is 22.2 Å². The molecule has 0 saturated carbocycles. The number of piperidine rings is 1. The summed E-state index contributed by atoms with van der Waals surface area (Å²) in [5, 5.41) is 27.2. The van der Waals surface area contributed by atoms with Crippen LogP contribution in [0.25, 0.3) is 0 Å². The third-order valence-corrected chi connectivity index (χ3v) is 9.04. The lowest BCUT2D eigenvalue weighted by molar-refractivity contribution is -0.791. The molecule has 2 fully saturated rings. The van der Waals surface area contributed by atoms with E-state index in [1.807, 2.05) is 24.0 Å². The van der Waals surface area contributed by atoms with Crippen molar-refractivity contribution in [1.29, 1.82) is 0 Å². The highest BCUT2D eigenvalue weighted by molar-refractivity contribution is 7.92. The quantitative estimate of drug-likeness (QED) is 0.153. The number of likely N-dealkylation sites (tertiary alicyclic amines) is 2. The first-order valence-electron chi connectivity index (χ1n) is 14.7. The number of anilines is 2. The molecule has 2 saturated heterocycles. The predicted molar refractivity (Wildman–Crippen MR) is 164 cm³/mol. The normalized spacial score (nSPS) is 21.8. The van der Waals surface area contributed by atoms with Gasteiger partial charge in [0.1, 0.15) is 11.8 Å². The Morgan fingerprint density at radius 2 is 1.81 bits per heavy atom. The van der Waals surface area contributed by atoms with Gasteiger partial charge in [-0.05, 0) is 68.1 Å². The molecule has 5 N–H and O–H groups in total. The summed E-state index contributed by atoms with van der Waals surface area (Å²) in [7, 11) is -2.21. The van der Waals surface area contributed by atoms with E-state index in [0.29, 0.717) is 31.7 Å². The molecule has 0 spiro atoms. The molecule has 0 aromatic heterocycles. The lowest BCUT2D eigenvalue weighted by atomic mass is 10.0. The molecule has 0 radical (unpaired) electrons. The number of carbonyl (C=O) groups is 2. The molecule has 12 nitrogen and oxygen atoms in total. The molecule has 2 heterocycles. The predicted octanol–water partition coefficient (Wildman–Crippen LogP) is 3.39. The lowest BCUT2D eigenvalue weighted by Gasteiger charge is -2.38. The number of phenols is 1. The van der Waals surface area contributed by atoms with E-state index in [1.54, 1.807) is 6.07 Å². The Morgan fingerprint density at radius 1 is 1.12 bits per heavy atom. The van der Waals surface area contributed by atoms with Crippen molar-refractivity contribution in [3.05, 3.63) is 53.6 Å². The van der Waals surface area contributed by atoms with E-state index in [-0.39, 0.29) is 40.6 Å². The van der Waals surface area contributed by atoms with Crippen molar-refractivity contribution in [2.75, 3.05) is 56.1 Å². The third kappa shape index (κ3) is 7.96. The number of amides is 3. The van der Waals surface area contributed by atoms with Gasteiger partial charge >= 0.3 is 12.1 Å². The van der Waals surface area contributed by atoms with Crippen LogP contribution in [0.3, 0.4) is 0 Å². The monoisotopic (exact) mass is 618 g/mol. The second-order valence-electron chi connectivity index (χ2n) is 11.6. The molecule has 236 valence electrons. The van der Waals surface area contributed by atoms with Gasteiger partial charge in [0.15, 0.2) is 0 Å². The Hall–Kier alpha value is -3.39. The molecule has 1 unspecified atom stereocenters. The van der Waals surface area contributed by atoms with Gasteiger partial charge in [0.05, 0.1) is 31.7 Å². The number of nitrogens with zero attached hydrogens (tertiary/aromatic N) is 2. The summed E-state index contributed by atoms with van der Waals surface area (Å²) in [5.41, 5.74) is 2.65. The molecule has 43 heavy (non-hydrogen) atoms. The van der Waals surface area contributed by atoms with Gasteiger partial charge in [0, 0.05) is 44.2 Å². The number of rotatable bonds is 10. The van der Waals surface area contributed by atoms with Crippen LogP contribution in [-0.2, 0) is 21.2 Å². The van der Waals surface area contributed by atoms with Crippen molar-refractivity contribution < 1.29 is 37.4 Å². The number of carbonyl (C=O) groups excluding carboxylic acids is 2. The maximum atomic E-state index is 13.5. The molecule has 0 aliphatic carbocycles. The van der Waals surface area contributed by atoms with Crippen molar-refractivity contribution in [3.63, 3.8) is 0 Å². The highest BCUT2D eigenvalue weighted by Crippen LogP contribution is 2.32. The van der Waals surface area contributed by atoms with E-state index >= 15 is 0 Å². The minimum absolute atomic E-state index is 0.0247. The average Bonchev–Trinajstić information content (AvgIpc) is 3.38. The van der Waals surface area contributed by atoms with Crippen molar-refractivity contribution in [2.45, 2.75) is 57.2 Å². The second-order valence-corrected chi connectivity index (χ2v) is 13.3. The van der Waals surface area contributed by atoms with Crippen molar-refractivity contribution in [2.24, 2.45) is 0 Å². The smallest absolute Gasteiger partial charge is 0.506 e. The largest absolute Gasteiger partial charge is 0.525 e. The number of sulfonamides is 1. The van der Waals surface area contributed by atoms with Gasteiger partial charge < -0.3 is 25.6 Å². The maximum Gasteiger partial charge on any atom is 0.525 e. The first-order valence-corrected chi connectivity index (χ1v) is 16.6. The number of urea groups is 1. The van der Waals surface area contributed by atoms with Crippen molar-refractivity contribution >= 4 is 33.5 Å². The lowest BCUT2D eigenvalue weighted by Crippen LogP contribution is -2.64. The van der Waals surface area contributed by atoms with E-state index in [0.717, 1.165) is 49.6 Å². The zero-order chi connectivity index (χ0) is 31.2. The molecular formula is C30H44N5O7S+. The van der Waals surface area contributed by atoms with Gasteiger partial charge in [-0.2, -0.15) is 4.79 Å². The van der Waals surface area contributed by atoms with E-state index in [1.165, 1.54) is 19.2 Å². The van der Waals surface area contributed by atoms with Crippen LogP contribution in [0.1, 0.15) is 49.8 Å². The zero-order valence-electron chi connectivity index (χ0n) is 25.1. The third-order valence-electron chi connectivity index (χ3n) is 8.45. The van der Waals surface area contributed by atoms with E-state index in [2.05, 4.69) is 27.5 Å². The fourth-order valence-electron chi connectivity index (χ4n) is 5.98. The van der Waals surface area contributed by atoms with Crippen LogP contribution < -0.4 is 15.4 Å². The molecule has 3 amide bonds. The molecule has 2 aromatic carbocycles. The number of nitrogens with one attached hydrogen (secondary N) is 3. The van der Waals surface area contributed by atoms with Crippen LogP contribution in [-0.4, -0.2) is 98.3 Å². The summed E-state index contributed by atoms with van der Waals surface area (Å²) >= 11 is 0. The Bertz CT molecular complexity index is 1380. The summed E-state index contributed by atoms with van der Waals surface area (Å²) in [6.07, 6.45) is 3.67. The first kappa shape index (κ1) is 32.5. The summed E-state index contributed by atoms with van der Waals surface area (Å²) < 4.78 is 30.0. The highest BCUT2D eigenvalue weighted by atomic mass is 32.2. The number of aliphatic hydroxyl groups is 1. The Balaban J connectivity index is 1.20. The number of methoxy groups -OCH3 is 1. The fourth-order valence-corrected chi connectivity index (χ4v) is 6.54. The van der Waals surface area contributed by atoms with Crippen LogP contribution in [0, 0.1) is 0 Å². The molecule has 3 atom stereocenters. The number of benzene rings is 2. The first-order chi connectivity index (χ1) is 20.4. The molecule has 2 aromatic rings. The standard InChI is InChI=1S/C30H43N5O7S/c1-21-5-4-18-35(21,30(39)42-2)29(38)34-16-13-25(14-17-34)32-24-9-6-22(7-10-24)12-15-31-20-28(37)23-8-11-27(36)26(19-23)33-43(3,40)41/h6-11,19,21,25,28,31-33,37H,4-5,12-18,20H2,1-3H3/p+1/t21-,28+,35?/m1/s1. The van der Waals surface area contributed by atoms with Crippen LogP contribution in [0.4, 0.5) is 21.0 Å². The minimum atomic E-state index is -3.56. The summed E-state index contributed by atoms with van der Waals surface area (Å²) in [4.78, 5) is 27.9. The van der Waals surface area contributed by atoms with Crippen molar-refractivity contribution in [1.82, 2.24) is 10.2 Å². The van der Waals surface area contributed by atoms with Gasteiger partial charge in [-0.15, -0.1) is 4.48 Å². The van der Waals surface area contributed by atoms with Gasteiger partial charge in [0.25, 0.3) is 0 Å². The van der Waals surface area contributed by atoms with Crippen LogP contribution in [0.2, 0.25) is 0 Å². The van der Waals surface area contributed by atoms with Gasteiger partial charge in [-0.1, -0.05) is 18.2 Å². The summed E-state index contributed by atoms with van der Waals surface area (Å²) in [6, 6.07) is 12.5. The fraction of sp³-hybridized carbons (Fsp3) is 0.533. The number of aliphatic hydroxyl groups excluding tert-OH is 1. The molecule has 13 heteroatoms. The second kappa shape index (κ2) is 13.9. The number of ether oxygens (including phenoxy) is 1. The van der Waals surface area contributed by atoms with E-state index in [4.69, 9.17) is 4.74 Å². The number of phenolic OH excluding ortho intramolecular Hbond substituents is 1. The number of hydrogen-bond acceptors (Lipinski definition) is 9. The van der Waals surface area contributed by atoms with Crippen molar-refractivity contribution in [3.8, 4) is 5.75 Å². The molecule has 2 aliphatic rings. The SMILES string of the molecule is COC(=O)[N+]1(C(=O)N2CCC(Nc3ccc(CCNC[C@H](O)c4ccc(O)c(NS(C)(=O)=O)c4)cc3)CC2)CCC[C@H]1C. The molecule has 4 rings (SSSR count). The summed E-state index contributed by atoms with van der Waals surface area (Å²) in [6.45, 7) is 4.54. The zero-order valence-corrected chi connectivity index (χ0v) is 25.9.